The molecular formula is C11H18N2O2. The summed E-state index contributed by atoms with van der Waals surface area (Å²) in [7, 11) is 0. The van der Waals surface area contributed by atoms with Gasteiger partial charge in [-0.25, -0.2) is 4.98 Å². The quantitative estimate of drug-likeness (QED) is 0.696. The van der Waals surface area contributed by atoms with Crippen LogP contribution >= 0.6 is 0 Å². The maximum absolute atomic E-state index is 11.3. The fourth-order valence-corrected chi connectivity index (χ4v) is 1.18. The van der Waals surface area contributed by atoms with Crippen molar-refractivity contribution in [2.75, 3.05) is 6.61 Å². The summed E-state index contributed by atoms with van der Waals surface area (Å²) >= 11 is 0. The molecule has 0 bridgehead atoms. The van der Waals surface area contributed by atoms with E-state index in [-0.39, 0.29) is 5.97 Å². The fourth-order valence-electron chi connectivity index (χ4n) is 1.18. The van der Waals surface area contributed by atoms with Gasteiger partial charge in [-0.2, -0.15) is 0 Å². The van der Waals surface area contributed by atoms with E-state index in [1.807, 2.05) is 31.5 Å². The molecule has 0 N–H and O–H groups in total. The van der Waals surface area contributed by atoms with Crippen molar-refractivity contribution in [2.45, 2.75) is 33.7 Å². The van der Waals surface area contributed by atoms with Gasteiger partial charge in [0.2, 0.25) is 0 Å². The molecule has 0 unspecified atom stereocenters. The van der Waals surface area contributed by atoms with Crippen molar-refractivity contribution in [3.05, 3.63) is 18.2 Å². The highest BCUT2D eigenvalue weighted by Crippen LogP contribution is 2.00. The monoisotopic (exact) mass is 210 g/mol. The Kier molecular flexibility index (Phi) is 4.34. The Morgan fingerprint density at radius 1 is 1.60 bits per heavy atom. The highest BCUT2D eigenvalue weighted by molar-refractivity contribution is 5.69. The van der Waals surface area contributed by atoms with Gasteiger partial charge in [-0.1, -0.05) is 13.8 Å². The zero-order chi connectivity index (χ0) is 11.3. The molecule has 1 heterocycles. The number of hydrogen-bond donors (Lipinski definition) is 0. The van der Waals surface area contributed by atoms with Crippen molar-refractivity contribution in [1.82, 2.24) is 9.55 Å². The van der Waals surface area contributed by atoms with Crippen LogP contribution in [0.3, 0.4) is 0 Å². The van der Waals surface area contributed by atoms with Gasteiger partial charge in [0.05, 0.1) is 13.0 Å². The molecule has 0 amide bonds. The molecule has 15 heavy (non-hydrogen) atoms. The van der Waals surface area contributed by atoms with Crippen LogP contribution in [-0.4, -0.2) is 22.1 Å². The SMILES string of the molecule is Cc1nccn1CCC(=O)OCC(C)C. The maximum Gasteiger partial charge on any atom is 0.307 e. The fraction of sp³-hybridized carbons (Fsp3) is 0.636. The van der Waals surface area contributed by atoms with Gasteiger partial charge >= 0.3 is 5.97 Å². The van der Waals surface area contributed by atoms with Crippen molar-refractivity contribution < 1.29 is 9.53 Å². The molecule has 4 heteroatoms. The number of rotatable bonds is 5. The number of hydrogen-bond acceptors (Lipinski definition) is 3. The Bertz CT molecular complexity index is 318. The van der Waals surface area contributed by atoms with Crippen molar-refractivity contribution in [1.29, 1.82) is 0 Å². The van der Waals surface area contributed by atoms with Crippen molar-refractivity contribution >= 4 is 5.97 Å². The van der Waals surface area contributed by atoms with Gasteiger partial charge in [-0.05, 0) is 12.8 Å². The minimum atomic E-state index is -0.142. The molecule has 0 aliphatic carbocycles. The Morgan fingerprint density at radius 3 is 2.87 bits per heavy atom. The molecule has 1 aromatic rings. The molecule has 84 valence electrons. The van der Waals surface area contributed by atoms with Crippen LogP contribution in [0, 0.1) is 12.8 Å². The lowest BCUT2D eigenvalue weighted by molar-refractivity contribution is -0.144. The van der Waals surface area contributed by atoms with E-state index in [4.69, 9.17) is 4.74 Å². The highest BCUT2D eigenvalue weighted by atomic mass is 16.5. The van der Waals surface area contributed by atoms with E-state index in [1.54, 1.807) is 6.20 Å². The topological polar surface area (TPSA) is 44.1 Å². The van der Waals surface area contributed by atoms with Crippen LogP contribution in [0.1, 0.15) is 26.1 Å². The summed E-state index contributed by atoms with van der Waals surface area (Å²) in [5.41, 5.74) is 0. The molecule has 0 aliphatic heterocycles. The van der Waals surface area contributed by atoms with Crippen LogP contribution in [-0.2, 0) is 16.1 Å². The third-order valence-corrected chi connectivity index (χ3v) is 2.06. The highest BCUT2D eigenvalue weighted by Gasteiger charge is 2.05. The summed E-state index contributed by atoms with van der Waals surface area (Å²) in [6, 6.07) is 0. The van der Waals surface area contributed by atoms with Crippen LogP contribution in [0.15, 0.2) is 12.4 Å². The normalized spacial score (nSPS) is 10.7. The van der Waals surface area contributed by atoms with Gasteiger partial charge in [0, 0.05) is 18.9 Å². The van der Waals surface area contributed by atoms with Crippen LogP contribution in [0.2, 0.25) is 0 Å². The van der Waals surface area contributed by atoms with Gasteiger partial charge in [-0.15, -0.1) is 0 Å². The first-order chi connectivity index (χ1) is 7.09. The smallest absolute Gasteiger partial charge is 0.307 e. The van der Waals surface area contributed by atoms with E-state index >= 15 is 0 Å². The number of carbonyl (C=O) groups is 1. The summed E-state index contributed by atoms with van der Waals surface area (Å²) < 4.78 is 7.01. The third kappa shape index (κ3) is 4.14. The number of aryl methyl sites for hydroxylation is 2. The number of imidazole rings is 1. The van der Waals surface area contributed by atoms with E-state index in [1.165, 1.54) is 0 Å². The lowest BCUT2D eigenvalue weighted by Crippen LogP contribution is -2.12. The summed E-state index contributed by atoms with van der Waals surface area (Å²) in [5, 5.41) is 0. The zero-order valence-corrected chi connectivity index (χ0v) is 9.56. The third-order valence-electron chi connectivity index (χ3n) is 2.06. The summed E-state index contributed by atoms with van der Waals surface area (Å²) in [5.74, 6) is 1.17. The second kappa shape index (κ2) is 5.53. The summed E-state index contributed by atoms with van der Waals surface area (Å²) in [6.45, 7) is 7.10. The molecule has 0 saturated heterocycles. The van der Waals surface area contributed by atoms with Gasteiger partial charge in [-0.3, -0.25) is 4.79 Å². The number of ether oxygens (including phenoxy) is 1. The van der Waals surface area contributed by atoms with Gasteiger partial charge in [0.25, 0.3) is 0 Å². The number of nitrogens with zero attached hydrogens (tertiary/aromatic N) is 2. The minimum absolute atomic E-state index is 0.142. The van der Waals surface area contributed by atoms with E-state index < -0.39 is 0 Å². The number of carbonyl (C=O) groups excluding carboxylic acids is 1. The zero-order valence-electron chi connectivity index (χ0n) is 9.56. The second-order valence-electron chi connectivity index (χ2n) is 3.99. The minimum Gasteiger partial charge on any atom is -0.465 e. The van der Waals surface area contributed by atoms with E-state index in [0.717, 1.165) is 5.82 Å². The summed E-state index contributed by atoms with van der Waals surface area (Å²) in [4.78, 5) is 15.4. The van der Waals surface area contributed by atoms with Crippen molar-refractivity contribution in [2.24, 2.45) is 5.92 Å². The van der Waals surface area contributed by atoms with Crippen LogP contribution in [0.25, 0.3) is 0 Å². The molecule has 0 aromatic carbocycles. The van der Waals surface area contributed by atoms with Crippen molar-refractivity contribution in [3.8, 4) is 0 Å². The predicted octanol–water partition coefficient (Wildman–Crippen LogP) is 1.78. The molecule has 0 atom stereocenters. The van der Waals surface area contributed by atoms with E-state index in [9.17, 15) is 4.79 Å². The van der Waals surface area contributed by atoms with Gasteiger partial charge in [0.15, 0.2) is 0 Å². The Hall–Kier alpha value is -1.32. The molecule has 0 fully saturated rings. The van der Waals surface area contributed by atoms with Crippen molar-refractivity contribution in [3.63, 3.8) is 0 Å². The van der Waals surface area contributed by atoms with E-state index in [0.29, 0.717) is 25.5 Å². The lowest BCUT2D eigenvalue weighted by atomic mass is 10.2. The largest absolute Gasteiger partial charge is 0.465 e. The molecule has 0 radical (unpaired) electrons. The lowest BCUT2D eigenvalue weighted by Gasteiger charge is -2.08. The first-order valence-electron chi connectivity index (χ1n) is 5.23. The molecule has 1 rings (SSSR count). The Labute approximate surface area is 90.3 Å². The van der Waals surface area contributed by atoms with Gasteiger partial charge in [0.1, 0.15) is 5.82 Å². The molecule has 0 aliphatic rings. The predicted molar refractivity (Wildman–Crippen MR) is 57.4 cm³/mol. The van der Waals surface area contributed by atoms with Gasteiger partial charge < -0.3 is 9.30 Å². The number of aromatic nitrogens is 2. The molecular weight excluding hydrogens is 192 g/mol. The first-order valence-corrected chi connectivity index (χ1v) is 5.23. The summed E-state index contributed by atoms with van der Waals surface area (Å²) in [6.07, 6.45) is 4.00. The van der Waals surface area contributed by atoms with E-state index in [2.05, 4.69) is 4.98 Å². The Balaban J connectivity index is 2.26. The standard InChI is InChI=1S/C11H18N2O2/c1-9(2)8-15-11(14)4-6-13-7-5-12-10(13)3/h5,7,9H,4,6,8H2,1-3H3. The number of esters is 1. The molecule has 0 saturated carbocycles. The maximum atomic E-state index is 11.3. The molecule has 1 aromatic heterocycles. The Morgan fingerprint density at radius 2 is 2.33 bits per heavy atom. The second-order valence-corrected chi connectivity index (χ2v) is 3.99. The van der Waals surface area contributed by atoms with Crippen LogP contribution < -0.4 is 0 Å². The average Bonchev–Trinajstić information content (AvgIpc) is 2.58. The van der Waals surface area contributed by atoms with Crippen LogP contribution in [0.5, 0.6) is 0 Å². The van der Waals surface area contributed by atoms with Crippen LogP contribution in [0.4, 0.5) is 0 Å². The molecule has 4 nitrogen and oxygen atoms in total. The average molecular weight is 210 g/mol. The molecule has 0 spiro atoms. The first kappa shape index (κ1) is 11.8.